The SMILES string of the molecule is CCOC(=O)CC(=O)N1CC(COc2ccc(C)cc2C(C)(C)C)C1. The molecular weight excluding hydrogens is 318 g/mol. The molecule has 25 heavy (non-hydrogen) atoms. The molecular formula is C20H29NO4. The van der Waals surface area contributed by atoms with Gasteiger partial charge < -0.3 is 14.4 Å². The first-order chi connectivity index (χ1) is 11.7. The fourth-order valence-electron chi connectivity index (χ4n) is 2.89. The highest BCUT2D eigenvalue weighted by Gasteiger charge is 2.32. The van der Waals surface area contributed by atoms with Crippen LogP contribution in [0.3, 0.4) is 0 Å². The highest BCUT2D eigenvalue weighted by Crippen LogP contribution is 2.32. The molecule has 1 aliphatic rings. The van der Waals surface area contributed by atoms with Gasteiger partial charge in [0.1, 0.15) is 12.2 Å². The smallest absolute Gasteiger partial charge is 0.315 e. The minimum absolute atomic E-state index is 0.0165. The number of hydrogen-bond donors (Lipinski definition) is 0. The molecule has 0 N–H and O–H groups in total. The first kappa shape index (κ1) is 19.3. The van der Waals surface area contributed by atoms with Crippen molar-refractivity contribution in [2.45, 2.75) is 46.5 Å². The summed E-state index contributed by atoms with van der Waals surface area (Å²) in [6, 6.07) is 6.25. The van der Waals surface area contributed by atoms with E-state index in [0.29, 0.717) is 32.2 Å². The number of esters is 1. The average Bonchev–Trinajstić information content (AvgIpc) is 2.46. The summed E-state index contributed by atoms with van der Waals surface area (Å²) in [5.74, 6) is 0.594. The molecule has 0 aliphatic carbocycles. The number of nitrogens with zero attached hydrogens (tertiary/aromatic N) is 1. The van der Waals surface area contributed by atoms with Crippen molar-refractivity contribution in [1.82, 2.24) is 4.90 Å². The quantitative estimate of drug-likeness (QED) is 0.586. The van der Waals surface area contributed by atoms with E-state index in [1.54, 1.807) is 11.8 Å². The van der Waals surface area contributed by atoms with Crippen LogP contribution in [-0.2, 0) is 19.7 Å². The Morgan fingerprint density at radius 1 is 1.24 bits per heavy atom. The van der Waals surface area contributed by atoms with Gasteiger partial charge in [-0.2, -0.15) is 0 Å². The molecule has 0 bridgehead atoms. The van der Waals surface area contributed by atoms with Crippen LogP contribution >= 0.6 is 0 Å². The third kappa shape index (κ3) is 5.21. The molecule has 1 aliphatic heterocycles. The summed E-state index contributed by atoms with van der Waals surface area (Å²) >= 11 is 0. The molecule has 1 amide bonds. The Kier molecular flexibility index (Phi) is 6.09. The fraction of sp³-hybridized carbons (Fsp3) is 0.600. The number of amides is 1. The first-order valence-electron chi connectivity index (χ1n) is 8.88. The van der Waals surface area contributed by atoms with Crippen LogP contribution in [0.15, 0.2) is 18.2 Å². The van der Waals surface area contributed by atoms with Gasteiger partial charge in [-0.25, -0.2) is 0 Å². The minimum atomic E-state index is -0.457. The van der Waals surface area contributed by atoms with Gasteiger partial charge in [-0.15, -0.1) is 0 Å². The Hall–Kier alpha value is -2.04. The van der Waals surface area contributed by atoms with Crippen LogP contribution in [0.25, 0.3) is 0 Å². The number of hydrogen-bond acceptors (Lipinski definition) is 4. The lowest BCUT2D eigenvalue weighted by atomic mass is 9.85. The summed E-state index contributed by atoms with van der Waals surface area (Å²) in [6.07, 6.45) is -0.173. The largest absolute Gasteiger partial charge is 0.493 e. The minimum Gasteiger partial charge on any atom is -0.493 e. The van der Waals surface area contributed by atoms with E-state index in [1.807, 2.05) is 6.07 Å². The highest BCUT2D eigenvalue weighted by atomic mass is 16.5. The van der Waals surface area contributed by atoms with Gasteiger partial charge in [-0.1, -0.05) is 38.5 Å². The molecule has 1 aromatic carbocycles. The van der Waals surface area contributed by atoms with Crippen molar-refractivity contribution < 1.29 is 19.1 Å². The molecule has 0 saturated carbocycles. The summed E-state index contributed by atoms with van der Waals surface area (Å²) in [4.78, 5) is 25.0. The number of likely N-dealkylation sites (tertiary alicyclic amines) is 1. The third-order valence-electron chi connectivity index (χ3n) is 4.33. The van der Waals surface area contributed by atoms with Crippen molar-refractivity contribution >= 4 is 11.9 Å². The van der Waals surface area contributed by atoms with Gasteiger partial charge >= 0.3 is 5.97 Å². The predicted molar refractivity (Wildman–Crippen MR) is 96.7 cm³/mol. The zero-order valence-electron chi connectivity index (χ0n) is 15.9. The van der Waals surface area contributed by atoms with E-state index in [9.17, 15) is 9.59 Å². The lowest BCUT2D eigenvalue weighted by Gasteiger charge is -2.39. The molecule has 5 heteroatoms. The Morgan fingerprint density at radius 3 is 2.52 bits per heavy atom. The van der Waals surface area contributed by atoms with Crippen LogP contribution < -0.4 is 4.74 Å². The monoisotopic (exact) mass is 347 g/mol. The summed E-state index contributed by atoms with van der Waals surface area (Å²) in [6.45, 7) is 12.5. The molecule has 1 fully saturated rings. The van der Waals surface area contributed by atoms with E-state index in [0.717, 1.165) is 5.75 Å². The first-order valence-corrected chi connectivity index (χ1v) is 8.88. The Morgan fingerprint density at radius 2 is 1.92 bits per heavy atom. The van der Waals surface area contributed by atoms with E-state index in [2.05, 4.69) is 39.8 Å². The summed E-state index contributed by atoms with van der Waals surface area (Å²) in [5, 5.41) is 0. The standard InChI is InChI=1S/C20H29NO4/c1-6-24-19(23)10-18(22)21-11-15(12-21)13-25-17-8-7-14(2)9-16(17)20(3,4)5/h7-9,15H,6,10-13H2,1-5H3. The van der Waals surface area contributed by atoms with E-state index in [4.69, 9.17) is 9.47 Å². The van der Waals surface area contributed by atoms with Crippen LogP contribution in [0.5, 0.6) is 5.75 Å². The number of aryl methyl sites for hydroxylation is 1. The maximum atomic E-state index is 11.9. The van der Waals surface area contributed by atoms with E-state index in [-0.39, 0.29) is 17.7 Å². The predicted octanol–water partition coefficient (Wildman–Crippen LogP) is 3.08. The molecule has 0 atom stereocenters. The van der Waals surface area contributed by atoms with Crippen molar-refractivity contribution in [3.05, 3.63) is 29.3 Å². The Balaban J connectivity index is 1.83. The number of ether oxygens (including phenoxy) is 2. The van der Waals surface area contributed by atoms with Gasteiger partial charge in [0, 0.05) is 19.0 Å². The molecule has 0 unspecified atom stereocenters. The summed E-state index contributed by atoms with van der Waals surface area (Å²) in [5.41, 5.74) is 2.43. The van der Waals surface area contributed by atoms with Gasteiger partial charge in [0.05, 0.1) is 13.2 Å². The molecule has 0 aromatic heterocycles. The van der Waals surface area contributed by atoms with Gasteiger partial charge in [0.2, 0.25) is 5.91 Å². The van der Waals surface area contributed by atoms with Gasteiger partial charge in [0.25, 0.3) is 0 Å². The normalized spacial score (nSPS) is 14.8. The van der Waals surface area contributed by atoms with Crippen molar-refractivity contribution in [2.24, 2.45) is 5.92 Å². The molecule has 5 nitrogen and oxygen atoms in total. The fourth-order valence-corrected chi connectivity index (χ4v) is 2.89. The molecule has 0 spiro atoms. The molecule has 1 saturated heterocycles. The van der Waals surface area contributed by atoms with Crippen LogP contribution in [0.2, 0.25) is 0 Å². The van der Waals surface area contributed by atoms with Crippen LogP contribution in [0, 0.1) is 12.8 Å². The lowest BCUT2D eigenvalue weighted by molar-refractivity contribution is -0.151. The van der Waals surface area contributed by atoms with Gasteiger partial charge in [-0.05, 0) is 30.9 Å². The topological polar surface area (TPSA) is 55.8 Å². The van der Waals surface area contributed by atoms with E-state index >= 15 is 0 Å². The van der Waals surface area contributed by atoms with E-state index in [1.165, 1.54) is 11.1 Å². The molecule has 1 aromatic rings. The number of rotatable bonds is 6. The molecule has 0 radical (unpaired) electrons. The summed E-state index contributed by atoms with van der Waals surface area (Å²) < 4.78 is 10.8. The van der Waals surface area contributed by atoms with Gasteiger partial charge in [0.15, 0.2) is 0 Å². The molecule has 1 heterocycles. The zero-order chi connectivity index (χ0) is 18.6. The second-order valence-corrected chi connectivity index (χ2v) is 7.71. The molecule has 138 valence electrons. The van der Waals surface area contributed by atoms with Crippen LogP contribution in [-0.4, -0.2) is 43.1 Å². The molecule has 2 rings (SSSR count). The van der Waals surface area contributed by atoms with Crippen LogP contribution in [0.1, 0.15) is 45.2 Å². The highest BCUT2D eigenvalue weighted by molar-refractivity contribution is 5.94. The second-order valence-electron chi connectivity index (χ2n) is 7.71. The van der Waals surface area contributed by atoms with Crippen LogP contribution in [0.4, 0.5) is 0 Å². The van der Waals surface area contributed by atoms with Crippen molar-refractivity contribution in [3.8, 4) is 5.75 Å². The zero-order valence-corrected chi connectivity index (χ0v) is 15.9. The number of benzene rings is 1. The Labute approximate surface area is 150 Å². The maximum Gasteiger partial charge on any atom is 0.315 e. The lowest BCUT2D eigenvalue weighted by Crippen LogP contribution is -2.52. The van der Waals surface area contributed by atoms with E-state index < -0.39 is 5.97 Å². The average molecular weight is 347 g/mol. The number of carbonyl (C=O) groups is 2. The number of carbonyl (C=O) groups excluding carboxylic acids is 2. The Bertz CT molecular complexity index is 627. The summed E-state index contributed by atoms with van der Waals surface area (Å²) in [7, 11) is 0. The maximum absolute atomic E-state index is 11.9. The van der Waals surface area contributed by atoms with Gasteiger partial charge in [-0.3, -0.25) is 9.59 Å². The third-order valence-corrected chi connectivity index (χ3v) is 4.33. The second kappa shape index (κ2) is 7.89. The van der Waals surface area contributed by atoms with Crippen molar-refractivity contribution in [2.75, 3.05) is 26.3 Å². The van der Waals surface area contributed by atoms with Crippen molar-refractivity contribution in [3.63, 3.8) is 0 Å². The van der Waals surface area contributed by atoms with Crippen molar-refractivity contribution in [1.29, 1.82) is 0 Å².